The van der Waals surface area contributed by atoms with E-state index >= 15 is 0 Å². The lowest BCUT2D eigenvalue weighted by atomic mass is 10.2. The lowest BCUT2D eigenvalue weighted by Crippen LogP contribution is -2.13. The monoisotopic (exact) mass is 250 g/mol. The first-order valence-corrected chi connectivity index (χ1v) is 6.15. The van der Waals surface area contributed by atoms with Crippen molar-refractivity contribution in [1.82, 2.24) is 4.98 Å². The van der Waals surface area contributed by atoms with Gasteiger partial charge in [-0.3, -0.25) is 9.59 Å². The number of hydrogen-bond donors (Lipinski definition) is 1. The number of hydrogen-bond acceptors (Lipinski definition) is 4. The maximum Gasteiger partial charge on any atom is 0.267 e. The number of amides is 1. The Labute approximate surface area is 104 Å². The van der Waals surface area contributed by atoms with E-state index in [1.807, 2.05) is 12.2 Å². The molecule has 0 saturated carbocycles. The molecule has 90 valence electrons. The first-order valence-electron chi connectivity index (χ1n) is 5.16. The molecule has 0 atom stereocenters. The molecular weight excluding hydrogens is 236 g/mol. The van der Waals surface area contributed by atoms with Crippen LogP contribution in [-0.2, 0) is 4.79 Å². The summed E-state index contributed by atoms with van der Waals surface area (Å²) in [6.07, 6.45) is 4.52. The minimum absolute atomic E-state index is 0.118. The minimum Gasteiger partial charge on any atom is -0.364 e. The molecule has 0 fully saturated rings. The third-order valence-corrected chi connectivity index (χ3v) is 2.75. The van der Waals surface area contributed by atoms with Gasteiger partial charge >= 0.3 is 0 Å². The number of carbonyl (C=O) groups is 2. The van der Waals surface area contributed by atoms with Gasteiger partial charge in [0.25, 0.3) is 5.91 Å². The van der Waals surface area contributed by atoms with Gasteiger partial charge in [0.2, 0.25) is 0 Å². The van der Waals surface area contributed by atoms with Crippen molar-refractivity contribution in [3.63, 3.8) is 0 Å². The van der Waals surface area contributed by atoms with Crippen molar-refractivity contribution >= 4 is 28.9 Å². The standard InChI is InChI=1S/C12H14N2O2S/c1-9(15)17-8-3-2-5-10-6-4-7-11(14-10)12(13)16/h2,4-7H,3,8H2,1H3,(H2,13,16). The van der Waals surface area contributed by atoms with Gasteiger partial charge in [-0.25, -0.2) is 4.98 Å². The van der Waals surface area contributed by atoms with E-state index < -0.39 is 5.91 Å². The van der Waals surface area contributed by atoms with E-state index in [0.717, 1.165) is 12.2 Å². The van der Waals surface area contributed by atoms with E-state index in [1.165, 1.54) is 11.8 Å². The number of allylic oxidation sites excluding steroid dienone is 1. The molecular formula is C12H14N2O2S. The number of nitrogens with zero attached hydrogens (tertiary/aromatic N) is 1. The molecule has 17 heavy (non-hydrogen) atoms. The van der Waals surface area contributed by atoms with E-state index in [9.17, 15) is 9.59 Å². The number of pyridine rings is 1. The highest BCUT2D eigenvalue weighted by molar-refractivity contribution is 8.13. The highest BCUT2D eigenvalue weighted by Gasteiger charge is 2.00. The molecule has 0 radical (unpaired) electrons. The van der Waals surface area contributed by atoms with Crippen LogP contribution in [0.2, 0.25) is 0 Å². The maximum absolute atomic E-state index is 10.9. The molecule has 5 heteroatoms. The molecule has 1 amide bonds. The Morgan fingerprint density at radius 1 is 1.47 bits per heavy atom. The van der Waals surface area contributed by atoms with Crippen molar-refractivity contribution < 1.29 is 9.59 Å². The quantitative estimate of drug-likeness (QED) is 0.809. The predicted molar refractivity (Wildman–Crippen MR) is 69.5 cm³/mol. The zero-order valence-corrected chi connectivity index (χ0v) is 10.4. The van der Waals surface area contributed by atoms with Crippen LogP contribution in [0.25, 0.3) is 6.08 Å². The molecule has 0 saturated heterocycles. The first kappa shape index (κ1) is 13.4. The number of aromatic nitrogens is 1. The third-order valence-electron chi connectivity index (χ3n) is 1.90. The van der Waals surface area contributed by atoms with E-state index in [-0.39, 0.29) is 10.8 Å². The molecule has 1 heterocycles. The van der Waals surface area contributed by atoms with Gasteiger partial charge in [-0.05, 0) is 24.6 Å². The van der Waals surface area contributed by atoms with Gasteiger partial charge < -0.3 is 5.73 Å². The zero-order chi connectivity index (χ0) is 12.7. The number of carbonyl (C=O) groups excluding carboxylic acids is 2. The summed E-state index contributed by atoms with van der Waals surface area (Å²) in [5, 5.41) is 0.118. The van der Waals surface area contributed by atoms with Crippen LogP contribution in [-0.4, -0.2) is 21.8 Å². The van der Waals surface area contributed by atoms with Crippen LogP contribution in [0.1, 0.15) is 29.5 Å². The second-order valence-corrected chi connectivity index (χ2v) is 4.61. The fourth-order valence-corrected chi connectivity index (χ4v) is 1.70. The smallest absolute Gasteiger partial charge is 0.267 e. The summed E-state index contributed by atoms with van der Waals surface area (Å²) in [4.78, 5) is 25.6. The van der Waals surface area contributed by atoms with Crippen molar-refractivity contribution in [1.29, 1.82) is 0 Å². The second kappa shape index (κ2) is 6.85. The van der Waals surface area contributed by atoms with Gasteiger partial charge in [0, 0.05) is 12.7 Å². The molecule has 0 aliphatic rings. The van der Waals surface area contributed by atoms with Gasteiger partial charge in [-0.15, -0.1) is 0 Å². The normalized spacial score (nSPS) is 10.6. The minimum atomic E-state index is -0.535. The summed E-state index contributed by atoms with van der Waals surface area (Å²) in [5.41, 5.74) is 6.07. The summed E-state index contributed by atoms with van der Waals surface area (Å²) in [5.74, 6) is 0.217. The zero-order valence-electron chi connectivity index (χ0n) is 9.55. The number of primary amides is 1. The van der Waals surface area contributed by atoms with Gasteiger partial charge in [0.15, 0.2) is 5.12 Å². The summed E-state index contributed by atoms with van der Waals surface area (Å²) in [6.45, 7) is 1.55. The molecule has 1 aromatic rings. The highest BCUT2D eigenvalue weighted by Crippen LogP contribution is 2.06. The summed E-state index contributed by atoms with van der Waals surface area (Å²) >= 11 is 1.29. The maximum atomic E-state index is 10.9. The average molecular weight is 250 g/mol. The van der Waals surface area contributed by atoms with Crippen LogP contribution < -0.4 is 5.73 Å². The van der Waals surface area contributed by atoms with E-state index in [2.05, 4.69) is 4.98 Å². The Balaban J connectivity index is 2.50. The summed E-state index contributed by atoms with van der Waals surface area (Å²) in [6, 6.07) is 5.10. The summed E-state index contributed by atoms with van der Waals surface area (Å²) in [7, 11) is 0. The Morgan fingerprint density at radius 3 is 2.88 bits per heavy atom. The fraction of sp³-hybridized carbons (Fsp3) is 0.250. The molecule has 0 bridgehead atoms. The van der Waals surface area contributed by atoms with E-state index in [1.54, 1.807) is 25.1 Å². The Hall–Kier alpha value is -1.62. The van der Waals surface area contributed by atoms with Crippen molar-refractivity contribution in [3.8, 4) is 0 Å². The average Bonchev–Trinajstić information content (AvgIpc) is 2.28. The third kappa shape index (κ3) is 5.31. The van der Waals surface area contributed by atoms with Crippen LogP contribution in [0.15, 0.2) is 24.3 Å². The van der Waals surface area contributed by atoms with E-state index in [0.29, 0.717) is 5.69 Å². The second-order valence-electron chi connectivity index (χ2n) is 3.34. The van der Waals surface area contributed by atoms with Gasteiger partial charge in [0.05, 0.1) is 5.69 Å². The Morgan fingerprint density at radius 2 is 2.24 bits per heavy atom. The van der Waals surface area contributed by atoms with Crippen LogP contribution >= 0.6 is 11.8 Å². The van der Waals surface area contributed by atoms with Crippen LogP contribution in [0.5, 0.6) is 0 Å². The Kier molecular flexibility index (Phi) is 5.42. The van der Waals surface area contributed by atoms with Gasteiger partial charge in [-0.1, -0.05) is 23.9 Å². The fourth-order valence-electron chi connectivity index (χ4n) is 1.16. The van der Waals surface area contributed by atoms with Crippen molar-refractivity contribution in [2.24, 2.45) is 5.73 Å². The lowest BCUT2D eigenvalue weighted by molar-refractivity contribution is -0.109. The molecule has 2 N–H and O–H groups in total. The molecule has 0 unspecified atom stereocenters. The molecule has 1 rings (SSSR count). The molecule has 0 aromatic carbocycles. The lowest BCUT2D eigenvalue weighted by Gasteiger charge is -1.96. The predicted octanol–water partition coefficient (Wildman–Crippen LogP) is 1.86. The van der Waals surface area contributed by atoms with Crippen molar-refractivity contribution in [2.45, 2.75) is 13.3 Å². The van der Waals surface area contributed by atoms with Crippen molar-refractivity contribution in [2.75, 3.05) is 5.75 Å². The van der Waals surface area contributed by atoms with E-state index in [4.69, 9.17) is 5.73 Å². The van der Waals surface area contributed by atoms with Crippen LogP contribution in [0.3, 0.4) is 0 Å². The number of rotatable bonds is 5. The summed E-state index contributed by atoms with van der Waals surface area (Å²) < 4.78 is 0. The number of thioether (sulfide) groups is 1. The largest absolute Gasteiger partial charge is 0.364 e. The molecule has 4 nitrogen and oxygen atoms in total. The molecule has 1 aromatic heterocycles. The highest BCUT2D eigenvalue weighted by atomic mass is 32.2. The van der Waals surface area contributed by atoms with Gasteiger partial charge in [-0.2, -0.15) is 0 Å². The number of nitrogens with two attached hydrogens (primary N) is 1. The van der Waals surface area contributed by atoms with Crippen molar-refractivity contribution in [3.05, 3.63) is 35.7 Å². The molecule has 0 aliphatic heterocycles. The first-order chi connectivity index (χ1) is 8.09. The van der Waals surface area contributed by atoms with Crippen LogP contribution in [0, 0.1) is 0 Å². The Bertz CT molecular complexity index is 444. The van der Waals surface area contributed by atoms with Gasteiger partial charge in [0.1, 0.15) is 5.69 Å². The van der Waals surface area contributed by atoms with Crippen LogP contribution in [0.4, 0.5) is 0 Å². The topological polar surface area (TPSA) is 73.1 Å². The molecule has 0 spiro atoms. The molecule has 0 aliphatic carbocycles. The SMILES string of the molecule is CC(=O)SCCC=Cc1cccc(C(N)=O)n1.